The molecule has 0 aliphatic carbocycles. The Morgan fingerprint density at radius 1 is 1.47 bits per heavy atom. The van der Waals surface area contributed by atoms with Gasteiger partial charge in [0.1, 0.15) is 10.8 Å². The normalized spacial score (nSPS) is 11.4. The van der Waals surface area contributed by atoms with Crippen LogP contribution in [0.4, 0.5) is 13.2 Å². The predicted octanol–water partition coefficient (Wildman–Crippen LogP) is 2.39. The van der Waals surface area contributed by atoms with Crippen molar-refractivity contribution in [3.05, 3.63) is 28.5 Å². The molecule has 0 saturated carbocycles. The van der Waals surface area contributed by atoms with E-state index in [1.54, 1.807) is 0 Å². The number of carbonyl (C=O) groups excluding carboxylic acids is 1. The van der Waals surface area contributed by atoms with Crippen molar-refractivity contribution in [1.82, 2.24) is 10.0 Å². The van der Waals surface area contributed by atoms with Crippen molar-refractivity contribution in [2.75, 3.05) is 14.2 Å². The molecule has 0 aliphatic heterocycles. The number of rotatable bonds is 2. The number of carbonyl (C=O) groups is 1. The van der Waals surface area contributed by atoms with Crippen molar-refractivity contribution in [3.63, 3.8) is 0 Å². The van der Waals surface area contributed by atoms with Crippen LogP contribution in [0.15, 0.2) is 12.1 Å². The molecular weight excluding hydrogens is 261 g/mol. The second-order valence-electron chi connectivity index (χ2n) is 3.05. The van der Waals surface area contributed by atoms with Gasteiger partial charge in [-0.3, -0.25) is 9.63 Å². The van der Waals surface area contributed by atoms with E-state index in [0.717, 1.165) is 5.06 Å². The zero-order valence-electron chi connectivity index (χ0n) is 8.88. The molecule has 0 atom stereocenters. The topological polar surface area (TPSA) is 42.4 Å². The van der Waals surface area contributed by atoms with Gasteiger partial charge in [0.15, 0.2) is 0 Å². The number of hydroxylamine groups is 2. The maximum absolute atomic E-state index is 12.5. The lowest BCUT2D eigenvalue weighted by molar-refractivity contribution is -0.137. The Hall–Kier alpha value is -1.34. The summed E-state index contributed by atoms with van der Waals surface area (Å²) in [6.45, 7) is 0. The fourth-order valence-corrected chi connectivity index (χ4v) is 1.22. The average Bonchev–Trinajstić information content (AvgIpc) is 2.25. The third kappa shape index (κ3) is 3.31. The van der Waals surface area contributed by atoms with Crippen molar-refractivity contribution >= 4 is 17.5 Å². The van der Waals surface area contributed by atoms with E-state index >= 15 is 0 Å². The molecule has 1 amide bonds. The van der Waals surface area contributed by atoms with Crippen molar-refractivity contribution in [1.29, 1.82) is 0 Å². The van der Waals surface area contributed by atoms with Crippen molar-refractivity contribution in [2.45, 2.75) is 6.18 Å². The average molecular weight is 269 g/mol. The van der Waals surface area contributed by atoms with Crippen molar-refractivity contribution < 1.29 is 22.8 Å². The van der Waals surface area contributed by atoms with Crippen LogP contribution in [0, 0.1) is 0 Å². The van der Waals surface area contributed by atoms with Gasteiger partial charge in [-0.1, -0.05) is 11.6 Å². The zero-order chi connectivity index (χ0) is 13.2. The molecule has 1 heterocycles. The number of alkyl halides is 3. The summed E-state index contributed by atoms with van der Waals surface area (Å²) in [5.41, 5.74) is -1.47. The largest absolute Gasteiger partial charge is 0.416 e. The standard InChI is InChI=1S/C9H8ClF3N2O2/c1-15(17-2)8(16)6-3-5(9(11,12)13)4-7(10)14-6/h3-4H,1-2H3. The van der Waals surface area contributed by atoms with E-state index in [2.05, 4.69) is 9.82 Å². The molecule has 0 radical (unpaired) electrons. The summed E-state index contributed by atoms with van der Waals surface area (Å²) in [6.07, 6.45) is -4.59. The minimum absolute atomic E-state index is 0.410. The first-order valence-corrected chi connectivity index (χ1v) is 4.70. The second kappa shape index (κ2) is 4.89. The number of halogens is 4. The highest BCUT2D eigenvalue weighted by atomic mass is 35.5. The van der Waals surface area contributed by atoms with Crippen LogP contribution in [0.5, 0.6) is 0 Å². The quantitative estimate of drug-likeness (QED) is 0.611. The summed E-state index contributed by atoms with van der Waals surface area (Å²) in [5, 5.41) is 0.339. The number of hydrogen-bond acceptors (Lipinski definition) is 3. The number of pyridine rings is 1. The van der Waals surface area contributed by atoms with E-state index in [9.17, 15) is 18.0 Å². The van der Waals surface area contributed by atoms with Crippen LogP contribution in [-0.2, 0) is 11.0 Å². The van der Waals surface area contributed by atoms with E-state index < -0.39 is 28.5 Å². The molecule has 0 aliphatic rings. The molecular formula is C9H8ClF3N2O2. The SMILES string of the molecule is CON(C)C(=O)c1cc(C(F)(F)F)cc(Cl)n1. The lowest BCUT2D eigenvalue weighted by Gasteiger charge is -2.14. The molecule has 1 aromatic rings. The van der Waals surface area contributed by atoms with Gasteiger partial charge in [0, 0.05) is 7.05 Å². The number of nitrogens with zero attached hydrogens (tertiary/aromatic N) is 2. The summed E-state index contributed by atoms with van der Waals surface area (Å²) in [4.78, 5) is 19.6. The third-order valence-corrected chi connectivity index (χ3v) is 2.09. The Kier molecular flexibility index (Phi) is 3.94. The molecule has 0 spiro atoms. The first kappa shape index (κ1) is 13.7. The Bertz CT molecular complexity index is 437. The molecule has 1 aromatic heterocycles. The van der Waals surface area contributed by atoms with Crippen LogP contribution in [-0.4, -0.2) is 30.1 Å². The van der Waals surface area contributed by atoms with Crippen LogP contribution in [0.25, 0.3) is 0 Å². The van der Waals surface area contributed by atoms with Crippen LogP contribution in [0.1, 0.15) is 16.1 Å². The maximum Gasteiger partial charge on any atom is 0.416 e. The van der Waals surface area contributed by atoms with Gasteiger partial charge in [-0.2, -0.15) is 13.2 Å². The highest BCUT2D eigenvalue weighted by Crippen LogP contribution is 2.31. The molecule has 17 heavy (non-hydrogen) atoms. The van der Waals surface area contributed by atoms with Gasteiger partial charge in [0.2, 0.25) is 0 Å². The number of amides is 1. The summed E-state index contributed by atoms with van der Waals surface area (Å²) in [6, 6.07) is 1.26. The molecule has 0 fully saturated rings. The first-order valence-electron chi connectivity index (χ1n) is 4.32. The van der Waals surface area contributed by atoms with E-state index in [0.29, 0.717) is 12.1 Å². The molecule has 94 valence electrons. The number of aromatic nitrogens is 1. The summed E-state index contributed by atoms with van der Waals surface area (Å²) >= 11 is 5.43. The lowest BCUT2D eigenvalue weighted by Crippen LogP contribution is -2.26. The Morgan fingerprint density at radius 2 is 2.06 bits per heavy atom. The van der Waals surface area contributed by atoms with Crippen LogP contribution < -0.4 is 0 Å². The van der Waals surface area contributed by atoms with Crippen LogP contribution in [0.2, 0.25) is 5.15 Å². The Labute approximate surface area is 99.9 Å². The fourth-order valence-electron chi connectivity index (χ4n) is 1.01. The van der Waals surface area contributed by atoms with Crippen LogP contribution >= 0.6 is 11.6 Å². The van der Waals surface area contributed by atoms with Gasteiger partial charge in [-0.25, -0.2) is 10.0 Å². The minimum Gasteiger partial charge on any atom is -0.274 e. The van der Waals surface area contributed by atoms with Gasteiger partial charge < -0.3 is 0 Å². The lowest BCUT2D eigenvalue weighted by atomic mass is 10.2. The van der Waals surface area contributed by atoms with Gasteiger partial charge in [0.25, 0.3) is 5.91 Å². The Morgan fingerprint density at radius 3 is 2.53 bits per heavy atom. The second-order valence-corrected chi connectivity index (χ2v) is 3.43. The monoisotopic (exact) mass is 268 g/mol. The van der Waals surface area contributed by atoms with Crippen LogP contribution in [0.3, 0.4) is 0 Å². The van der Waals surface area contributed by atoms with E-state index in [1.165, 1.54) is 14.2 Å². The third-order valence-electron chi connectivity index (χ3n) is 1.90. The van der Waals surface area contributed by atoms with Gasteiger partial charge in [-0.15, -0.1) is 0 Å². The highest BCUT2D eigenvalue weighted by molar-refractivity contribution is 6.29. The van der Waals surface area contributed by atoms with E-state index in [1.807, 2.05) is 0 Å². The summed E-state index contributed by atoms with van der Waals surface area (Å²) < 4.78 is 37.4. The molecule has 8 heteroatoms. The summed E-state index contributed by atoms with van der Waals surface area (Å²) in [5.74, 6) is -0.819. The molecule has 1 rings (SSSR count). The molecule has 0 N–H and O–H groups in total. The van der Waals surface area contributed by atoms with E-state index in [-0.39, 0.29) is 0 Å². The molecule has 4 nitrogen and oxygen atoms in total. The molecule has 0 saturated heterocycles. The maximum atomic E-state index is 12.5. The molecule has 0 aromatic carbocycles. The smallest absolute Gasteiger partial charge is 0.274 e. The Balaban J connectivity index is 3.19. The van der Waals surface area contributed by atoms with E-state index in [4.69, 9.17) is 11.6 Å². The first-order chi connectivity index (χ1) is 7.75. The van der Waals surface area contributed by atoms with Gasteiger partial charge in [0.05, 0.1) is 12.7 Å². The van der Waals surface area contributed by atoms with Gasteiger partial charge >= 0.3 is 6.18 Å². The molecule has 0 bridgehead atoms. The highest BCUT2D eigenvalue weighted by Gasteiger charge is 2.32. The summed E-state index contributed by atoms with van der Waals surface area (Å²) in [7, 11) is 2.45. The van der Waals surface area contributed by atoms with Crippen molar-refractivity contribution in [3.8, 4) is 0 Å². The predicted molar refractivity (Wildman–Crippen MR) is 53.4 cm³/mol. The van der Waals surface area contributed by atoms with Crippen molar-refractivity contribution in [2.24, 2.45) is 0 Å². The minimum atomic E-state index is -4.59. The van der Waals surface area contributed by atoms with Gasteiger partial charge in [-0.05, 0) is 12.1 Å². The molecule has 0 unspecified atom stereocenters. The fraction of sp³-hybridized carbons (Fsp3) is 0.333. The number of hydrogen-bond donors (Lipinski definition) is 0. The zero-order valence-corrected chi connectivity index (χ0v) is 9.63.